The van der Waals surface area contributed by atoms with Crippen LogP contribution in [-0.4, -0.2) is 57.2 Å². The number of hydrogen-bond acceptors (Lipinski definition) is 5. The van der Waals surface area contributed by atoms with Gasteiger partial charge in [0.1, 0.15) is 11.9 Å². The highest BCUT2D eigenvalue weighted by atomic mass is 16.5. The molecular weight excluding hydrogens is 330 g/mol. The zero-order valence-electron chi connectivity index (χ0n) is 15.2. The molecule has 6 aliphatic rings. The van der Waals surface area contributed by atoms with Crippen LogP contribution >= 0.6 is 0 Å². The van der Waals surface area contributed by atoms with Crippen LogP contribution in [-0.2, 0) is 4.74 Å². The van der Waals surface area contributed by atoms with Gasteiger partial charge < -0.3 is 20.1 Å². The molecule has 1 spiro atoms. The van der Waals surface area contributed by atoms with Gasteiger partial charge >= 0.3 is 0 Å². The third-order valence-electron chi connectivity index (χ3n) is 8.78. The van der Waals surface area contributed by atoms with Crippen LogP contribution in [0.3, 0.4) is 0 Å². The average Bonchev–Trinajstić information content (AvgIpc) is 2.93. The van der Waals surface area contributed by atoms with E-state index in [0.29, 0.717) is 18.6 Å². The topological polar surface area (TPSA) is 73.2 Å². The van der Waals surface area contributed by atoms with Crippen molar-refractivity contribution in [2.75, 3.05) is 13.1 Å². The average molecular weight is 359 g/mol. The summed E-state index contributed by atoms with van der Waals surface area (Å²) < 4.78 is 6.21. The number of allylic oxidation sites excluding steroid dienone is 3. The van der Waals surface area contributed by atoms with Crippen LogP contribution in [0.15, 0.2) is 23.7 Å². The predicted octanol–water partition coefficient (Wildman–Crippen LogP) is 2.11. The first-order valence-electron chi connectivity index (χ1n) is 10.5. The number of ether oxygens (including phenoxy) is 1. The molecule has 0 aromatic carbocycles. The van der Waals surface area contributed by atoms with Gasteiger partial charge in [-0.25, -0.2) is 0 Å². The van der Waals surface area contributed by atoms with E-state index in [1.54, 1.807) is 6.08 Å². The minimum Gasteiger partial charge on any atom is -0.504 e. The molecule has 5 nitrogen and oxygen atoms in total. The van der Waals surface area contributed by atoms with Crippen molar-refractivity contribution in [3.8, 4) is 0 Å². The SMILES string of the molecule is OC1=C2OC3C(O)CCC4(O)C5CC(C=C1)C2C34CCN5CC1CCC1. The van der Waals surface area contributed by atoms with Crippen LogP contribution in [0.4, 0.5) is 0 Å². The molecule has 2 heterocycles. The first kappa shape index (κ1) is 16.0. The maximum Gasteiger partial charge on any atom is 0.153 e. The minimum absolute atomic E-state index is 0.0135. The molecule has 3 N–H and O–H groups in total. The highest BCUT2D eigenvalue weighted by Gasteiger charge is 2.76. The predicted molar refractivity (Wildman–Crippen MR) is 95.2 cm³/mol. The lowest BCUT2D eigenvalue weighted by Gasteiger charge is -2.67. The summed E-state index contributed by atoms with van der Waals surface area (Å²) in [4.78, 5) is 2.56. The summed E-state index contributed by atoms with van der Waals surface area (Å²) in [5.74, 6) is 1.91. The minimum atomic E-state index is -0.826. The number of aliphatic hydroxyl groups excluding tert-OH is 2. The molecule has 2 aliphatic heterocycles. The van der Waals surface area contributed by atoms with Crippen LogP contribution in [0.25, 0.3) is 0 Å². The van der Waals surface area contributed by atoms with Crippen molar-refractivity contribution < 1.29 is 20.1 Å². The Morgan fingerprint density at radius 1 is 1.23 bits per heavy atom. The van der Waals surface area contributed by atoms with Gasteiger partial charge in [0, 0.05) is 18.5 Å². The summed E-state index contributed by atoms with van der Waals surface area (Å²) in [5.41, 5.74) is -1.28. The van der Waals surface area contributed by atoms with Crippen molar-refractivity contribution in [2.24, 2.45) is 23.2 Å². The lowest BCUT2D eigenvalue weighted by Crippen LogP contribution is -2.77. The number of rotatable bonds is 2. The first-order valence-corrected chi connectivity index (χ1v) is 10.5. The van der Waals surface area contributed by atoms with E-state index in [4.69, 9.17) is 4.74 Å². The molecule has 0 radical (unpaired) electrons. The summed E-state index contributed by atoms with van der Waals surface area (Å²) in [7, 11) is 0. The molecule has 2 bridgehead atoms. The van der Waals surface area contributed by atoms with Gasteiger partial charge in [-0.2, -0.15) is 0 Å². The fraction of sp³-hybridized carbons (Fsp3) is 0.810. The van der Waals surface area contributed by atoms with Crippen LogP contribution in [0, 0.1) is 23.2 Å². The van der Waals surface area contributed by atoms with E-state index in [2.05, 4.69) is 11.0 Å². The second kappa shape index (κ2) is 5.06. The molecule has 6 rings (SSSR count). The normalized spacial score (nSPS) is 52.5. The number of piperidine rings is 1. The van der Waals surface area contributed by atoms with Crippen molar-refractivity contribution in [2.45, 2.75) is 68.8 Å². The molecule has 2 saturated heterocycles. The summed E-state index contributed by atoms with van der Waals surface area (Å²) in [6, 6.07) is 0.140. The van der Waals surface area contributed by atoms with Crippen LogP contribution < -0.4 is 0 Å². The van der Waals surface area contributed by atoms with E-state index >= 15 is 0 Å². The molecule has 3 saturated carbocycles. The summed E-state index contributed by atoms with van der Waals surface area (Å²) >= 11 is 0. The largest absolute Gasteiger partial charge is 0.504 e. The van der Waals surface area contributed by atoms with Gasteiger partial charge in [0.05, 0.1) is 17.1 Å². The van der Waals surface area contributed by atoms with E-state index in [1.807, 2.05) is 0 Å². The summed E-state index contributed by atoms with van der Waals surface area (Å²) in [5, 5.41) is 33.3. The number of hydrogen-bond donors (Lipinski definition) is 3. The third-order valence-corrected chi connectivity index (χ3v) is 8.78. The Bertz CT molecular complexity index is 700. The van der Waals surface area contributed by atoms with Gasteiger partial charge in [0.2, 0.25) is 0 Å². The highest BCUT2D eigenvalue weighted by Crippen LogP contribution is 2.69. The van der Waals surface area contributed by atoms with Crippen molar-refractivity contribution in [1.82, 2.24) is 4.90 Å². The van der Waals surface area contributed by atoms with E-state index in [-0.39, 0.29) is 29.7 Å². The fourth-order valence-electron chi connectivity index (χ4n) is 7.44. The summed E-state index contributed by atoms with van der Waals surface area (Å²) in [6.07, 6.45) is 9.93. The van der Waals surface area contributed by atoms with Gasteiger partial charge in [0.25, 0.3) is 0 Å². The van der Waals surface area contributed by atoms with Crippen molar-refractivity contribution in [1.29, 1.82) is 0 Å². The zero-order valence-corrected chi connectivity index (χ0v) is 15.2. The van der Waals surface area contributed by atoms with Gasteiger partial charge in [-0.15, -0.1) is 0 Å². The van der Waals surface area contributed by atoms with Crippen LogP contribution in [0.5, 0.6) is 0 Å². The zero-order chi connectivity index (χ0) is 17.7. The molecule has 5 heteroatoms. The Kier molecular flexibility index (Phi) is 3.11. The molecule has 5 fully saturated rings. The maximum atomic E-state index is 12.1. The van der Waals surface area contributed by atoms with Crippen molar-refractivity contribution in [3.63, 3.8) is 0 Å². The molecule has 0 aromatic heterocycles. The fourth-order valence-corrected chi connectivity index (χ4v) is 7.44. The second-order valence-corrected chi connectivity index (χ2v) is 9.65. The Morgan fingerprint density at radius 2 is 2.08 bits per heavy atom. The molecule has 26 heavy (non-hydrogen) atoms. The van der Waals surface area contributed by atoms with E-state index in [9.17, 15) is 15.3 Å². The Labute approximate surface area is 154 Å². The molecule has 7 atom stereocenters. The van der Waals surface area contributed by atoms with E-state index in [1.165, 1.54) is 19.3 Å². The Morgan fingerprint density at radius 3 is 2.85 bits per heavy atom. The van der Waals surface area contributed by atoms with Gasteiger partial charge in [-0.1, -0.05) is 12.5 Å². The third kappa shape index (κ3) is 1.69. The Hall–Kier alpha value is -1.04. The quantitative estimate of drug-likeness (QED) is 0.704. The molecule has 7 unspecified atom stereocenters. The standard InChI is InChI=1S/C21H29NO4/c23-14-5-4-13-10-16-21(25)7-6-15(24)19-20(21,17(13)18(14)26-19)8-9-22(16)11-12-2-1-3-12/h4-5,12-13,15-17,19,23-25H,1-3,6-11H2. The smallest absolute Gasteiger partial charge is 0.153 e. The molecule has 142 valence electrons. The van der Waals surface area contributed by atoms with Gasteiger partial charge in [-0.3, -0.25) is 4.90 Å². The van der Waals surface area contributed by atoms with Crippen molar-refractivity contribution in [3.05, 3.63) is 23.7 Å². The van der Waals surface area contributed by atoms with Crippen molar-refractivity contribution >= 4 is 0 Å². The maximum absolute atomic E-state index is 12.1. The summed E-state index contributed by atoms with van der Waals surface area (Å²) in [6.45, 7) is 2.07. The lowest BCUT2D eigenvalue weighted by atomic mass is 9.44. The lowest BCUT2D eigenvalue weighted by molar-refractivity contribution is -0.268. The molecule has 4 aliphatic carbocycles. The van der Waals surface area contributed by atoms with Crippen LogP contribution in [0.2, 0.25) is 0 Å². The van der Waals surface area contributed by atoms with E-state index in [0.717, 1.165) is 31.8 Å². The van der Waals surface area contributed by atoms with Gasteiger partial charge in [-0.05, 0) is 63.0 Å². The molecule has 0 amide bonds. The molecular formula is C21H29NO4. The van der Waals surface area contributed by atoms with Gasteiger partial charge in [0.15, 0.2) is 5.76 Å². The second-order valence-electron chi connectivity index (χ2n) is 9.65. The number of likely N-dealkylation sites (tertiary alicyclic amines) is 1. The highest BCUT2D eigenvalue weighted by molar-refractivity contribution is 5.38. The first-order chi connectivity index (χ1) is 12.5. The number of aliphatic hydroxyl groups is 3. The molecule has 0 aromatic rings. The van der Waals surface area contributed by atoms with Crippen LogP contribution in [0.1, 0.15) is 44.9 Å². The monoisotopic (exact) mass is 359 g/mol. The number of nitrogens with zero attached hydrogens (tertiary/aromatic N) is 1. The van der Waals surface area contributed by atoms with E-state index < -0.39 is 17.1 Å². The Balaban J connectivity index is 1.46.